The van der Waals surface area contributed by atoms with Gasteiger partial charge in [0.05, 0.1) is 0 Å². The molecule has 0 radical (unpaired) electrons. The largest absolute Gasteiger partial charge is 0.0991 e. The summed E-state index contributed by atoms with van der Waals surface area (Å²) in [5.74, 6) is 0. The summed E-state index contributed by atoms with van der Waals surface area (Å²) in [6.45, 7) is 23.1. The zero-order chi connectivity index (χ0) is 13.4. The van der Waals surface area contributed by atoms with Gasteiger partial charge in [0.25, 0.3) is 0 Å². The maximum absolute atomic E-state index is 4.11. The minimum absolute atomic E-state index is 0.164. The third-order valence-corrected chi connectivity index (χ3v) is 2.28. The van der Waals surface area contributed by atoms with Crippen molar-refractivity contribution in [3.63, 3.8) is 0 Å². The summed E-state index contributed by atoms with van der Waals surface area (Å²) in [6.07, 6.45) is 6.93. The second-order valence-corrected chi connectivity index (χ2v) is 5.74. The van der Waals surface area contributed by atoms with E-state index in [1.165, 1.54) is 5.57 Å². The van der Waals surface area contributed by atoms with Crippen LogP contribution < -0.4 is 0 Å². The van der Waals surface area contributed by atoms with Gasteiger partial charge in [-0.15, -0.1) is 0 Å². The van der Waals surface area contributed by atoms with E-state index in [-0.39, 0.29) is 5.41 Å². The van der Waals surface area contributed by atoms with E-state index in [4.69, 9.17) is 0 Å². The summed E-state index contributed by atoms with van der Waals surface area (Å²) in [5.41, 5.74) is 1.68. The van der Waals surface area contributed by atoms with Crippen LogP contribution in [-0.2, 0) is 0 Å². The van der Waals surface area contributed by atoms with Gasteiger partial charge in [-0.3, -0.25) is 0 Å². The van der Waals surface area contributed by atoms with Gasteiger partial charge in [0, 0.05) is 0 Å². The van der Waals surface area contributed by atoms with Crippen LogP contribution in [0.3, 0.4) is 0 Å². The topological polar surface area (TPSA) is 0 Å². The van der Waals surface area contributed by atoms with E-state index in [0.717, 1.165) is 6.42 Å². The van der Waals surface area contributed by atoms with Crippen molar-refractivity contribution in [3.8, 4) is 0 Å². The van der Waals surface area contributed by atoms with Crippen LogP contribution in [-0.4, -0.2) is 0 Å². The van der Waals surface area contributed by atoms with Gasteiger partial charge < -0.3 is 0 Å². The zero-order valence-corrected chi connectivity index (χ0v) is 12.4. The van der Waals surface area contributed by atoms with Crippen molar-refractivity contribution in [2.24, 2.45) is 10.8 Å². The first-order valence-corrected chi connectivity index (χ1v) is 6.17. The highest BCUT2D eigenvalue weighted by atomic mass is 14.3. The Morgan fingerprint density at radius 2 is 1.50 bits per heavy atom. The van der Waals surface area contributed by atoms with Crippen molar-refractivity contribution in [1.82, 2.24) is 0 Å². The summed E-state index contributed by atoms with van der Waals surface area (Å²) in [6, 6.07) is 0. The molecule has 0 aliphatic carbocycles. The van der Waals surface area contributed by atoms with E-state index in [1.807, 2.05) is 19.9 Å². The molecule has 0 rings (SSSR count). The lowest BCUT2D eigenvalue weighted by atomic mass is 9.72. The zero-order valence-electron chi connectivity index (χ0n) is 12.4. The highest BCUT2D eigenvalue weighted by molar-refractivity contribution is 5.24. The molecule has 0 spiro atoms. The van der Waals surface area contributed by atoms with Crippen LogP contribution in [0.15, 0.2) is 37.0 Å². The van der Waals surface area contributed by atoms with Gasteiger partial charge in [0.2, 0.25) is 0 Å². The van der Waals surface area contributed by atoms with Gasteiger partial charge in [0.15, 0.2) is 0 Å². The molecule has 0 atom stereocenters. The van der Waals surface area contributed by atoms with Gasteiger partial charge in [-0.1, -0.05) is 79.9 Å². The van der Waals surface area contributed by atoms with Crippen molar-refractivity contribution in [3.05, 3.63) is 37.0 Å². The summed E-state index contributed by atoms with van der Waals surface area (Å²) >= 11 is 0. The van der Waals surface area contributed by atoms with Crippen LogP contribution in [0.2, 0.25) is 0 Å². The lowest BCUT2D eigenvalue weighted by Gasteiger charge is -2.33. The molecule has 0 fully saturated rings. The van der Waals surface area contributed by atoms with E-state index in [0.29, 0.717) is 5.41 Å². The normalized spacial score (nSPS) is 11.9. The molecule has 16 heavy (non-hydrogen) atoms. The first kappa shape index (κ1) is 17.6. The predicted molar refractivity (Wildman–Crippen MR) is 77.7 cm³/mol. The lowest BCUT2D eigenvalue weighted by Crippen LogP contribution is -2.21. The molecule has 0 heteroatoms. The van der Waals surface area contributed by atoms with Crippen LogP contribution in [0.25, 0.3) is 0 Å². The third-order valence-electron chi connectivity index (χ3n) is 2.28. The van der Waals surface area contributed by atoms with Gasteiger partial charge in [0.1, 0.15) is 0 Å². The van der Waals surface area contributed by atoms with Crippen molar-refractivity contribution < 1.29 is 0 Å². The molecule has 0 aromatic heterocycles. The molecule has 0 amide bonds. The molecule has 0 N–H and O–H groups in total. The second kappa shape index (κ2) is 7.49. The van der Waals surface area contributed by atoms with Gasteiger partial charge in [-0.05, 0) is 22.8 Å². The third kappa shape index (κ3) is 8.52. The Morgan fingerprint density at radius 1 is 1.06 bits per heavy atom. The van der Waals surface area contributed by atoms with E-state index < -0.39 is 0 Å². The molecule has 0 saturated heterocycles. The molecular weight excluding hydrogens is 192 g/mol. The molecule has 0 saturated carbocycles. The SMILES string of the molecule is C=C/C=C\C(=C)C(C)(C)CC(C)(C)C.CC. The lowest BCUT2D eigenvalue weighted by molar-refractivity contribution is 0.254. The summed E-state index contributed by atoms with van der Waals surface area (Å²) < 4.78 is 0. The maximum Gasteiger partial charge on any atom is -0.0104 e. The number of rotatable bonds is 4. The Kier molecular flexibility index (Phi) is 8.24. The molecule has 0 aliphatic heterocycles. The van der Waals surface area contributed by atoms with E-state index in [2.05, 4.69) is 53.9 Å². The summed E-state index contributed by atoms with van der Waals surface area (Å²) in [7, 11) is 0. The Morgan fingerprint density at radius 3 is 1.81 bits per heavy atom. The molecular formula is C16H30. The van der Waals surface area contributed by atoms with Crippen molar-refractivity contribution in [2.45, 2.75) is 54.9 Å². The Hall–Kier alpha value is -0.780. The highest BCUT2D eigenvalue weighted by Crippen LogP contribution is 2.38. The Bertz CT molecular complexity index is 233. The van der Waals surface area contributed by atoms with Gasteiger partial charge in [-0.25, -0.2) is 0 Å². The van der Waals surface area contributed by atoms with E-state index in [1.54, 1.807) is 6.08 Å². The minimum Gasteiger partial charge on any atom is -0.0991 e. The summed E-state index contributed by atoms with van der Waals surface area (Å²) in [4.78, 5) is 0. The molecule has 0 aromatic rings. The number of allylic oxidation sites excluding steroid dienone is 4. The molecule has 0 heterocycles. The molecule has 0 aromatic carbocycles. The standard InChI is InChI=1S/C14H24.C2H6/c1-8-9-10-12(2)14(6,7)11-13(3,4)5;1-2/h8-10H,1-2,11H2,3-7H3;1-2H3/b10-9-;. The highest BCUT2D eigenvalue weighted by Gasteiger charge is 2.26. The van der Waals surface area contributed by atoms with Crippen LogP contribution in [0.4, 0.5) is 0 Å². The average Bonchev–Trinajstić information content (AvgIpc) is 2.13. The monoisotopic (exact) mass is 222 g/mol. The fraction of sp³-hybridized carbons (Fsp3) is 0.625. The number of hydrogen-bond donors (Lipinski definition) is 0. The smallest absolute Gasteiger partial charge is 0.0104 e. The first-order valence-electron chi connectivity index (χ1n) is 6.17. The van der Waals surface area contributed by atoms with Crippen LogP contribution in [0.5, 0.6) is 0 Å². The quantitative estimate of drug-likeness (QED) is 0.529. The number of hydrogen-bond acceptors (Lipinski definition) is 0. The predicted octanol–water partition coefficient (Wildman–Crippen LogP) is 5.77. The Labute approximate surface area is 103 Å². The van der Waals surface area contributed by atoms with Crippen LogP contribution in [0, 0.1) is 10.8 Å². The second-order valence-electron chi connectivity index (χ2n) is 5.74. The molecule has 0 bridgehead atoms. The summed E-state index contributed by atoms with van der Waals surface area (Å²) in [5, 5.41) is 0. The average molecular weight is 222 g/mol. The Balaban J connectivity index is 0. The van der Waals surface area contributed by atoms with Crippen LogP contribution >= 0.6 is 0 Å². The first-order chi connectivity index (χ1) is 7.19. The van der Waals surface area contributed by atoms with Gasteiger partial charge >= 0.3 is 0 Å². The van der Waals surface area contributed by atoms with Crippen LogP contribution in [0.1, 0.15) is 54.9 Å². The molecule has 0 aliphatic rings. The van der Waals surface area contributed by atoms with E-state index >= 15 is 0 Å². The van der Waals surface area contributed by atoms with Crippen molar-refractivity contribution in [2.75, 3.05) is 0 Å². The molecule has 94 valence electrons. The fourth-order valence-corrected chi connectivity index (χ4v) is 1.85. The van der Waals surface area contributed by atoms with Gasteiger partial charge in [-0.2, -0.15) is 0 Å². The molecule has 0 nitrogen and oxygen atoms in total. The van der Waals surface area contributed by atoms with Crippen molar-refractivity contribution >= 4 is 0 Å². The van der Waals surface area contributed by atoms with E-state index in [9.17, 15) is 0 Å². The molecule has 0 unspecified atom stereocenters. The maximum atomic E-state index is 4.11. The minimum atomic E-state index is 0.164. The van der Waals surface area contributed by atoms with Crippen molar-refractivity contribution in [1.29, 1.82) is 0 Å². The fourth-order valence-electron chi connectivity index (χ4n) is 1.85.